The number of rotatable bonds is 5. The first-order valence-corrected chi connectivity index (χ1v) is 9.88. The van der Waals surface area contributed by atoms with Crippen molar-refractivity contribution in [2.75, 3.05) is 19.6 Å². The molecule has 0 atom stereocenters. The van der Waals surface area contributed by atoms with E-state index in [1.165, 1.54) is 15.9 Å². The molecule has 0 amide bonds. The van der Waals surface area contributed by atoms with Crippen molar-refractivity contribution < 1.29 is 4.79 Å². The minimum Gasteiger partial charge on any atom is -0.324 e. The topological polar surface area (TPSA) is 102 Å². The maximum absolute atomic E-state index is 12.5. The molecule has 2 aromatic heterocycles. The minimum atomic E-state index is -0.148. The van der Waals surface area contributed by atoms with Crippen molar-refractivity contribution in [2.24, 2.45) is 5.73 Å². The lowest BCUT2D eigenvalue weighted by molar-refractivity contribution is -0.117. The van der Waals surface area contributed by atoms with Gasteiger partial charge in [0.2, 0.25) is 4.96 Å². The smallest absolute Gasteiger partial charge is 0.275 e. The van der Waals surface area contributed by atoms with Gasteiger partial charge in [0, 0.05) is 24.0 Å². The number of nitrogens with two attached hydrogens (primary N) is 1. The molecule has 0 radical (unpaired) electrons. The van der Waals surface area contributed by atoms with Gasteiger partial charge in [-0.2, -0.15) is 9.61 Å². The number of carbonyl (C=O) groups excluding carboxylic acids is 1. The van der Waals surface area contributed by atoms with Crippen LogP contribution < -0.4 is 16.6 Å². The molecule has 3 heterocycles. The monoisotopic (exact) mass is 383 g/mol. The van der Waals surface area contributed by atoms with Crippen LogP contribution in [0.25, 0.3) is 15.5 Å². The van der Waals surface area contributed by atoms with E-state index in [1.54, 1.807) is 6.07 Å². The highest BCUT2D eigenvalue weighted by molar-refractivity contribution is 7.19. The summed E-state index contributed by atoms with van der Waals surface area (Å²) in [7, 11) is 0. The van der Waals surface area contributed by atoms with E-state index in [0.717, 1.165) is 42.8 Å². The van der Waals surface area contributed by atoms with Gasteiger partial charge in [-0.15, -0.1) is 0 Å². The minimum absolute atomic E-state index is 0.0130. The molecule has 0 spiro atoms. The molecule has 0 aliphatic carbocycles. The molecule has 1 aromatic carbocycles. The fraction of sp³-hybridized carbons (Fsp3) is 0.368. The Morgan fingerprint density at radius 3 is 2.89 bits per heavy atom. The van der Waals surface area contributed by atoms with Crippen molar-refractivity contribution in [1.29, 1.82) is 0 Å². The molecule has 8 heteroatoms. The lowest BCUT2D eigenvalue weighted by Gasteiger charge is -2.21. The molecule has 27 heavy (non-hydrogen) atoms. The summed E-state index contributed by atoms with van der Waals surface area (Å²) < 4.78 is 1.36. The Morgan fingerprint density at radius 2 is 2.11 bits per heavy atom. The molecule has 1 fully saturated rings. The van der Waals surface area contributed by atoms with Gasteiger partial charge in [0.05, 0.1) is 12.2 Å². The number of hydrogen-bond acceptors (Lipinski definition) is 7. The third kappa shape index (κ3) is 3.83. The zero-order valence-corrected chi connectivity index (χ0v) is 15.7. The molecule has 4 rings (SSSR count). The van der Waals surface area contributed by atoms with E-state index in [-0.39, 0.29) is 17.9 Å². The maximum atomic E-state index is 12.5. The highest BCUT2D eigenvalue weighted by atomic mass is 32.1. The van der Waals surface area contributed by atoms with Crippen molar-refractivity contribution in [1.82, 2.24) is 19.9 Å². The summed E-state index contributed by atoms with van der Waals surface area (Å²) in [5, 5.41) is 8.49. The van der Waals surface area contributed by atoms with Crippen LogP contribution in [0, 0.1) is 0 Å². The van der Waals surface area contributed by atoms with Crippen LogP contribution in [-0.4, -0.2) is 40.0 Å². The Labute approximate surface area is 160 Å². The number of carbonyl (C=O) groups is 1. The van der Waals surface area contributed by atoms with Gasteiger partial charge in [-0.1, -0.05) is 29.5 Å². The summed E-state index contributed by atoms with van der Waals surface area (Å²) in [4.78, 5) is 29.5. The average molecular weight is 383 g/mol. The number of aromatic nitrogens is 3. The largest absolute Gasteiger partial charge is 0.324 e. The number of hydrogen-bond donors (Lipinski definition) is 2. The van der Waals surface area contributed by atoms with Gasteiger partial charge < -0.3 is 11.1 Å². The van der Waals surface area contributed by atoms with Crippen molar-refractivity contribution >= 4 is 22.1 Å². The molecule has 0 bridgehead atoms. The summed E-state index contributed by atoms with van der Waals surface area (Å²) in [5.41, 5.74) is 7.87. The zero-order valence-electron chi connectivity index (χ0n) is 14.9. The Balaban J connectivity index is 1.69. The van der Waals surface area contributed by atoms with Crippen molar-refractivity contribution in [3.63, 3.8) is 0 Å². The van der Waals surface area contributed by atoms with Crippen molar-refractivity contribution in [3.05, 3.63) is 51.9 Å². The second-order valence-electron chi connectivity index (χ2n) is 6.77. The molecular formula is C19H21N5O2S. The molecule has 1 aliphatic rings. The quantitative estimate of drug-likeness (QED) is 0.690. The molecule has 1 aliphatic heterocycles. The first-order chi connectivity index (χ1) is 13.1. The fourth-order valence-corrected chi connectivity index (χ4v) is 4.29. The number of fused-ring (bicyclic) bond motifs is 1. The van der Waals surface area contributed by atoms with Gasteiger partial charge in [0.15, 0.2) is 5.78 Å². The predicted molar refractivity (Wildman–Crippen MR) is 105 cm³/mol. The number of benzene rings is 1. The van der Waals surface area contributed by atoms with Crippen LogP contribution in [0.5, 0.6) is 0 Å². The predicted octanol–water partition coefficient (Wildman–Crippen LogP) is 1.36. The fourth-order valence-electron chi connectivity index (χ4n) is 3.39. The van der Waals surface area contributed by atoms with Crippen LogP contribution in [0.3, 0.4) is 0 Å². The van der Waals surface area contributed by atoms with E-state index in [1.807, 2.05) is 24.3 Å². The number of nitrogens with one attached hydrogen (secondary N) is 1. The second kappa shape index (κ2) is 7.67. The van der Waals surface area contributed by atoms with E-state index >= 15 is 0 Å². The van der Waals surface area contributed by atoms with Gasteiger partial charge in [0.25, 0.3) is 5.56 Å². The van der Waals surface area contributed by atoms with Gasteiger partial charge >= 0.3 is 0 Å². The van der Waals surface area contributed by atoms with Crippen LogP contribution in [-0.2, 0) is 11.2 Å². The molecule has 3 N–H and O–H groups in total. The van der Waals surface area contributed by atoms with E-state index in [4.69, 9.17) is 10.7 Å². The number of nitrogens with zero attached hydrogens (tertiary/aromatic N) is 3. The standard InChI is InChI=1S/C19H21N5O2S/c20-11-15(25)9-12-2-1-3-14(8-12)18-23-24-17(26)10-16(22-19(24)27-18)13-4-6-21-7-5-13/h1-3,8,10,13,21H,4-7,9,11,20H2. The Kier molecular flexibility index (Phi) is 5.11. The molecule has 0 unspecified atom stereocenters. The van der Waals surface area contributed by atoms with Gasteiger partial charge in [-0.25, -0.2) is 4.98 Å². The number of piperidine rings is 1. The average Bonchev–Trinajstić information content (AvgIpc) is 3.14. The van der Waals surface area contributed by atoms with E-state index < -0.39 is 0 Å². The maximum Gasteiger partial charge on any atom is 0.275 e. The molecule has 0 saturated carbocycles. The van der Waals surface area contributed by atoms with E-state index in [2.05, 4.69) is 10.4 Å². The van der Waals surface area contributed by atoms with Crippen LogP contribution in [0.15, 0.2) is 35.1 Å². The molecular weight excluding hydrogens is 362 g/mol. The van der Waals surface area contributed by atoms with Gasteiger partial charge in [-0.3, -0.25) is 9.59 Å². The normalized spacial score (nSPS) is 15.3. The lowest BCUT2D eigenvalue weighted by atomic mass is 9.94. The van der Waals surface area contributed by atoms with Gasteiger partial charge in [-0.05, 0) is 37.6 Å². The number of Topliss-reactive ketones (excluding diaryl/α,β-unsaturated/α-hetero) is 1. The molecule has 140 valence electrons. The summed E-state index contributed by atoms with van der Waals surface area (Å²) in [6.45, 7) is 1.94. The highest BCUT2D eigenvalue weighted by Gasteiger charge is 2.19. The first-order valence-electron chi connectivity index (χ1n) is 9.06. The van der Waals surface area contributed by atoms with Gasteiger partial charge in [0.1, 0.15) is 5.01 Å². The Morgan fingerprint density at radius 1 is 1.30 bits per heavy atom. The summed E-state index contributed by atoms with van der Waals surface area (Å²) in [6, 6.07) is 9.24. The van der Waals surface area contributed by atoms with Crippen LogP contribution >= 0.6 is 11.3 Å². The van der Waals surface area contributed by atoms with E-state index in [0.29, 0.717) is 22.3 Å². The summed E-state index contributed by atoms with van der Waals surface area (Å²) in [6.07, 6.45) is 2.28. The Bertz CT molecular complexity index is 1040. The third-order valence-electron chi connectivity index (χ3n) is 4.83. The Hall–Kier alpha value is -2.42. The molecule has 3 aromatic rings. The van der Waals surface area contributed by atoms with Crippen molar-refractivity contribution in [3.8, 4) is 10.6 Å². The molecule has 1 saturated heterocycles. The third-order valence-corrected chi connectivity index (χ3v) is 5.78. The number of ketones is 1. The van der Waals surface area contributed by atoms with Crippen LogP contribution in [0.2, 0.25) is 0 Å². The summed E-state index contributed by atoms with van der Waals surface area (Å²) >= 11 is 1.39. The van der Waals surface area contributed by atoms with E-state index in [9.17, 15) is 9.59 Å². The van der Waals surface area contributed by atoms with Crippen LogP contribution in [0.1, 0.15) is 30.0 Å². The van der Waals surface area contributed by atoms with Crippen LogP contribution in [0.4, 0.5) is 0 Å². The first kappa shape index (κ1) is 18.0. The molecule has 7 nitrogen and oxygen atoms in total. The second-order valence-corrected chi connectivity index (χ2v) is 7.72. The zero-order chi connectivity index (χ0) is 18.8. The highest BCUT2D eigenvalue weighted by Crippen LogP contribution is 2.27. The van der Waals surface area contributed by atoms with Crippen molar-refractivity contribution in [2.45, 2.75) is 25.2 Å². The SMILES string of the molecule is NCC(=O)Cc1cccc(-c2nn3c(=O)cc(C4CCNCC4)nc3s2)c1. The lowest BCUT2D eigenvalue weighted by Crippen LogP contribution is -2.28. The summed E-state index contributed by atoms with van der Waals surface area (Å²) in [5.74, 6) is 0.307.